The number of fused-ring (bicyclic) bond motifs is 1. The Morgan fingerprint density at radius 3 is 2.53 bits per heavy atom. The zero-order chi connectivity index (χ0) is 25.6. The summed E-state index contributed by atoms with van der Waals surface area (Å²) in [5, 5.41) is 13.6. The first-order chi connectivity index (χ1) is 17.2. The van der Waals surface area contributed by atoms with Crippen molar-refractivity contribution in [2.75, 3.05) is 38.6 Å². The number of anilines is 1. The topological polar surface area (TPSA) is 102 Å². The first kappa shape index (κ1) is 24.9. The summed E-state index contributed by atoms with van der Waals surface area (Å²) < 4.78 is 5.26. The van der Waals surface area contributed by atoms with Crippen LogP contribution in [0.5, 0.6) is 5.75 Å². The second-order valence-electron chi connectivity index (χ2n) is 11.3. The van der Waals surface area contributed by atoms with Gasteiger partial charge in [-0.1, -0.05) is 6.92 Å². The number of hydrogen-bond donors (Lipinski definition) is 2. The minimum Gasteiger partial charge on any atom is -0.497 e. The van der Waals surface area contributed by atoms with E-state index < -0.39 is 11.8 Å². The van der Waals surface area contributed by atoms with Crippen molar-refractivity contribution in [3.63, 3.8) is 0 Å². The molecule has 9 heteroatoms. The number of piperazine rings is 1. The smallest absolute Gasteiger partial charge is 0.259 e. The molecule has 1 saturated heterocycles. The number of carbonyl (C=O) groups excluding carboxylic acids is 3. The molecule has 0 spiro atoms. The van der Waals surface area contributed by atoms with Crippen LogP contribution >= 0.6 is 0 Å². The molecule has 36 heavy (non-hydrogen) atoms. The summed E-state index contributed by atoms with van der Waals surface area (Å²) in [4.78, 5) is 44.6. The lowest BCUT2D eigenvalue weighted by atomic mass is 9.70. The molecular weight excluding hydrogens is 460 g/mol. The van der Waals surface area contributed by atoms with Gasteiger partial charge in [0, 0.05) is 43.6 Å². The van der Waals surface area contributed by atoms with Crippen molar-refractivity contribution in [2.45, 2.75) is 64.8 Å². The van der Waals surface area contributed by atoms with Gasteiger partial charge in [0.1, 0.15) is 5.75 Å². The lowest BCUT2D eigenvalue weighted by Gasteiger charge is -2.46. The third kappa shape index (κ3) is 4.65. The Morgan fingerprint density at radius 1 is 1.17 bits per heavy atom. The molecule has 2 unspecified atom stereocenters. The van der Waals surface area contributed by atoms with Gasteiger partial charge in [0.2, 0.25) is 18.2 Å². The van der Waals surface area contributed by atoms with Gasteiger partial charge >= 0.3 is 0 Å². The van der Waals surface area contributed by atoms with Crippen molar-refractivity contribution < 1.29 is 24.2 Å². The Hall–Kier alpha value is -2.81. The number of nitrogens with one attached hydrogen (secondary N) is 1. The van der Waals surface area contributed by atoms with Gasteiger partial charge in [-0.3, -0.25) is 19.3 Å². The van der Waals surface area contributed by atoms with Crippen molar-refractivity contribution in [3.8, 4) is 5.75 Å². The molecule has 2 aliphatic carbocycles. The van der Waals surface area contributed by atoms with E-state index in [2.05, 4.69) is 12.2 Å². The first-order valence-corrected chi connectivity index (χ1v) is 13.2. The van der Waals surface area contributed by atoms with Crippen LogP contribution in [-0.2, 0) is 9.59 Å². The van der Waals surface area contributed by atoms with Gasteiger partial charge in [-0.2, -0.15) is 0 Å². The van der Waals surface area contributed by atoms with Crippen LogP contribution in [-0.4, -0.2) is 83.2 Å². The molecule has 2 N–H and O–H groups in total. The Kier molecular flexibility index (Phi) is 6.61. The van der Waals surface area contributed by atoms with E-state index in [0.717, 1.165) is 38.5 Å². The molecule has 3 amide bonds. The van der Waals surface area contributed by atoms with Gasteiger partial charge < -0.3 is 25.0 Å². The number of aliphatic hydroxyl groups excluding tert-OH is 1. The van der Waals surface area contributed by atoms with Gasteiger partial charge in [0.25, 0.3) is 5.91 Å². The number of rotatable bonds is 5. The molecule has 2 saturated carbocycles. The van der Waals surface area contributed by atoms with Crippen LogP contribution in [0.1, 0.15) is 62.7 Å². The summed E-state index contributed by atoms with van der Waals surface area (Å²) >= 11 is 0. The molecule has 1 aromatic carbocycles. The summed E-state index contributed by atoms with van der Waals surface area (Å²) in [6.07, 6.45) is 4.06. The Bertz CT molecular complexity index is 1030. The highest BCUT2D eigenvalue weighted by molar-refractivity contribution is 6.01. The number of ether oxygens (including phenoxy) is 1. The summed E-state index contributed by atoms with van der Waals surface area (Å²) in [6.45, 7) is 6.38. The van der Waals surface area contributed by atoms with Crippen molar-refractivity contribution in [1.29, 1.82) is 0 Å². The van der Waals surface area contributed by atoms with E-state index >= 15 is 0 Å². The number of benzene rings is 1. The van der Waals surface area contributed by atoms with Crippen molar-refractivity contribution in [1.82, 2.24) is 14.7 Å². The molecule has 4 aliphatic rings. The molecule has 1 aromatic rings. The first-order valence-electron chi connectivity index (χ1n) is 13.2. The molecular formula is C27H38N4O5. The average molecular weight is 499 g/mol. The number of amides is 3. The van der Waals surface area contributed by atoms with Crippen LogP contribution < -0.4 is 10.1 Å². The van der Waals surface area contributed by atoms with E-state index in [1.54, 1.807) is 25.3 Å². The van der Waals surface area contributed by atoms with Crippen molar-refractivity contribution >= 4 is 23.4 Å². The molecule has 0 aromatic heterocycles. The van der Waals surface area contributed by atoms with E-state index in [9.17, 15) is 19.5 Å². The second-order valence-corrected chi connectivity index (χ2v) is 11.3. The van der Waals surface area contributed by atoms with Crippen LogP contribution in [0, 0.1) is 17.3 Å². The lowest BCUT2D eigenvalue weighted by Crippen LogP contribution is -2.59. The highest BCUT2D eigenvalue weighted by atomic mass is 16.5. The third-order valence-electron chi connectivity index (χ3n) is 8.60. The Morgan fingerprint density at radius 2 is 1.89 bits per heavy atom. The van der Waals surface area contributed by atoms with Gasteiger partial charge in [-0.15, -0.1) is 0 Å². The van der Waals surface area contributed by atoms with Gasteiger partial charge in [0.05, 0.1) is 18.4 Å². The second kappa shape index (κ2) is 9.57. The monoisotopic (exact) mass is 498 g/mol. The van der Waals surface area contributed by atoms with Crippen LogP contribution in [0.15, 0.2) is 18.2 Å². The van der Waals surface area contributed by atoms with Gasteiger partial charge in [-0.05, 0) is 69.6 Å². The van der Waals surface area contributed by atoms with Gasteiger partial charge in [-0.25, -0.2) is 0 Å². The molecule has 9 nitrogen and oxygen atoms in total. The summed E-state index contributed by atoms with van der Waals surface area (Å²) in [5.41, 5.74) is 0.652. The predicted octanol–water partition coefficient (Wildman–Crippen LogP) is 2.50. The fraction of sp³-hybridized carbons (Fsp3) is 0.667. The fourth-order valence-electron chi connectivity index (χ4n) is 6.00. The summed E-state index contributed by atoms with van der Waals surface area (Å²) in [6, 6.07) is 5.21. The highest BCUT2D eigenvalue weighted by Crippen LogP contribution is 2.42. The van der Waals surface area contributed by atoms with E-state index in [4.69, 9.17) is 4.74 Å². The molecule has 2 atom stereocenters. The van der Waals surface area contributed by atoms with Crippen LogP contribution in [0.3, 0.4) is 0 Å². The van der Waals surface area contributed by atoms with E-state index in [0.29, 0.717) is 43.2 Å². The van der Waals surface area contributed by atoms with Crippen molar-refractivity contribution in [2.24, 2.45) is 17.3 Å². The maximum absolute atomic E-state index is 13.6. The average Bonchev–Trinajstić information content (AvgIpc) is 3.72. The molecule has 0 radical (unpaired) electrons. The number of hydrogen-bond acceptors (Lipinski definition) is 6. The molecule has 196 valence electrons. The van der Waals surface area contributed by atoms with Gasteiger partial charge in [0.15, 0.2) is 0 Å². The molecule has 2 heterocycles. The summed E-state index contributed by atoms with van der Waals surface area (Å²) in [5.74, 6) is 1.24. The lowest BCUT2D eigenvalue weighted by molar-refractivity contribution is -0.152. The van der Waals surface area contributed by atoms with Crippen molar-refractivity contribution in [3.05, 3.63) is 23.8 Å². The highest BCUT2D eigenvalue weighted by Gasteiger charge is 2.44. The standard InChI is InChI=1S/C27H38N4O5/c1-17-15-29(23(32)19-4-5-19)12-13-30(17)25(34)27(2)10-8-18(9-11-27)16-31-24(33)21-14-20(36-3)6-7-22(21)28-26(31)35/h6-7,14,17-19,26,28,35H,4-5,8-13,15-16H2,1-3H3. The summed E-state index contributed by atoms with van der Waals surface area (Å²) in [7, 11) is 1.56. The predicted molar refractivity (Wildman–Crippen MR) is 134 cm³/mol. The SMILES string of the molecule is COc1ccc2c(c1)C(=O)N(CC1CCC(C)(C(=O)N3CCN(C(=O)C4CC4)CC3C)CC1)C(O)N2. The third-order valence-corrected chi connectivity index (χ3v) is 8.60. The maximum Gasteiger partial charge on any atom is 0.259 e. The van der Waals surface area contributed by atoms with E-state index in [1.165, 1.54) is 4.90 Å². The normalized spacial score (nSPS) is 30.5. The van der Waals surface area contributed by atoms with Crippen LogP contribution in [0.4, 0.5) is 5.69 Å². The zero-order valence-electron chi connectivity index (χ0n) is 21.5. The zero-order valence-corrected chi connectivity index (χ0v) is 21.5. The number of carbonyl (C=O) groups is 3. The van der Waals surface area contributed by atoms with Crippen LogP contribution in [0.2, 0.25) is 0 Å². The quantitative estimate of drug-likeness (QED) is 0.647. The molecule has 5 rings (SSSR count). The molecule has 3 fully saturated rings. The van der Waals surface area contributed by atoms with Crippen LogP contribution in [0.25, 0.3) is 0 Å². The molecule has 2 aliphatic heterocycles. The number of nitrogens with zero attached hydrogens (tertiary/aromatic N) is 3. The minimum atomic E-state index is -1.08. The van der Waals surface area contributed by atoms with E-state index in [-0.39, 0.29) is 35.6 Å². The number of methoxy groups -OCH3 is 1. The fourth-order valence-corrected chi connectivity index (χ4v) is 6.00. The van der Waals surface area contributed by atoms with E-state index in [1.807, 2.05) is 16.7 Å². The minimum absolute atomic E-state index is 0.0211. The molecule has 0 bridgehead atoms. The maximum atomic E-state index is 13.6. The Labute approximate surface area is 212 Å². The largest absolute Gasteiger partial charge is 0.497 e. The number of aliphatic hydroxyl groups is 1. The Balaban J connectivity index is 1.17.